The second kappa shape index (κ2) is 3.82. The van der Waals surface area contributed by atoms with Crippen LogP contribution in [0, 0.1) is 6.92 Å². The van der Waals surface area contributed by atoms with Gasteiger partial charge < -0.3 is 4.74 Å². The van der Waals surface area contributed by atoms with E-state index >= 15 is 0 Å². The van der Waals surface area contributed by atoms with Gasteiger partial charge >= 0.3 is 5.97 Å². The highest BCUT2D eigenvalue weighted by molar-refractivity contribution is 8.13. The molecule has 0 bridgehead atoms. The van der Waals surface area contributed by atoms with E-state index in [0.29, 0.717) is 0 Å². The molecule has 1 heterocycles. The van der Waals surface area contributed by atoms with E-state index < -0.39 is 15.0 Å². The molecular formula is C7H9ClN2O4S. The zero-order chi connectivity index (χ0) is 11.8. The van der Waals surface area contributed by atoms with Gasteiger partial charge in [0, 0.05) is 17.7 Å². The number of aromatic nitrogens is 2. The van der Waals surface area contributed by atoms with Gasteiger partial charge in [0.05, 0.1) is 12.8 Å². The van der Waals surface area contributed by atoms with Crippen molar-refractivity contribution in [3.05, 3.63) is 11.4 Å². The van der Waals surface area contributed by atoms with Crippen LogP contribution in [0.2, 0.25) is 0 Å². The van der Waals surface area contributed by atoms with Crippen LogP contribution in [0.4, 0.5) is 0 Å². The van der Waals surface area contributed by atoms with Gasteiger partial charge in [-0.15, -0.1) is 0 Å². The van der Waals surface area contributed by atoms with Crippen LogP contribution in [-0.4, -0.2) is 31.3 Å². The molecule has 1 aromatic rings. The van der Waals surface area contributed by atoms with Crippen LogP contribution in [0.3, 0.4) is 0 Å². The standard InChI is InChI=1S/C7H9ClN2O4S/c1-4-6(15(8,12)13)5(7(11)14-3)10(2)9-4/h1-3H3. The van der Waals surface area contributed by atoms with Crippen LogP contribution in [0.5, 0.6) is 0 Å². The molecule has 0 aliphatic heterocycles. The topological polar surface area (TPSA) is 78.3 Å². The van der Waals surface area contributed by atoms with Crippen LogP contribution in [0.25, 0.3) is 0 Å². The minimum Gasteiger partial charge on any atom is -0.464 e. The van der Waals surface area contributed by atoms with Crippen LogP contribution in [0.15, 0.2) is 4.90 Å². The van der Waals surface area contributed by atoms with E-state index in [1.807, 2.05) is 0 Å². The first-order valence-electron chi connectivity index (χ1n) is 3.85. The van der Waals surface area contributed by atoms with Gasteiger partial charge in [0.1, 0.15) is 4.90 Å². The first kappa shape index (κ1) is 12.0. The lowest BCUT2D eigenvalue weighted by Crippen LogP contribution is -2.11. The van der Waals surface area contributed by atoms with Crippen molar-refractivity contribution in [2.24, 2.45) is 7.05 Å². The third-order valence-corrected chi connectivity index (χ3v) is 3.23. The summed E-state index contributed by atoms with van der Waals surface area (Å²) in [5.41, 5.74) is -0.0158. The summed E-state index contributed by atoms with van der Waals surface area (Å²) in [6.07, 6.45) is 0. The number of halogens is 1. The first-order valence-corrected chi connectivity index (χ1v) is 6.16. The van der Waals surface area contributed by atoms with Gasteiger partial charge in [-0.2, -0.15) is 5.10 Å². The molecule has 0 aliphatic carbocycles. The molecule has 15 heavy (non-hydrogen) atoms. The Bertz CT molecular complexity index is 505. The molecule has 0 spiro atoms. The number of nitrogens with zero attached hydrogens (tertiary/aromatic N) is 2. The highest BCUT2D eigenvalue weighted by Crippen LogP contribution is 2.23. The van der Waals surface area contributed by atoms with Crippen molar-refractivity contribution in [3.8, 4) is 0 Å². The van der Waals surface area contributed by atoms with Crippen LogP contribution in [-0.2, 0) is 20.8 Å². The third-order valence-electron chi connectivity index (χ3n) is 1.79. The Labute approximate surface area is 91.2 Å². The lowest BCUT2D eigenvalue weighted by molar-refractivity contribution is 0.0583. The summed E-state index contributed by atoms with van der Waals surface area (Å²) in [7, 11) is 3.77. The molecule has 6 nitrogen and oxygen atoms in total. The average Bonchev–Trinajstić information content (AvgIpc) is 2.38. The Kier molecular flexibility index (Phi) is 3.05. The predicted molar refractivity (Wildman–Crippen MR) is 52.3 cm³/mol. The fourth-order valence-electron chi connectivity index (χ4n) is 1.25. The van der Waals surface area contributed by atoms with Gasteiger partial charge in [0.25, 0.3) is 9.05 Å². The largest absolute Gasteiger partial charge is 0.464 e. The highest BCUT2D eigenvalue weighted by atomic mass is 35.7. The van der Waals surface area contributed by atoms with Crippen LogP contribution in [0.1, 0.15) is 16.2 Å². The maximum atomic E-state index is 11.3. The summed E-state index contributed by atoms with van der Waals surface area (Å²) >= 11 is 0. The molecule has 84 valence electrons. The van der Waals surface area contributed by atoms with Crippen LogP contribution < -0.4 is 0 Å². The van der Waals surface area contributed by atoms with E-state index in [1.165, 1.54) is 14.0 Å². The molecule has 0 unspecified atom stereocenters. The summed E-state index contributed by atoms with van der Waals surface area (Å²) in [5.74, 6) is -0.794. The molecule has 1 rings (SSSR count). The lowest BCUT2D eigenvalue weighted by atomic mass is 10.4. The zero-order valence-electron chi connectivity index (χ0n) is 8.31. The van der Waals surface area contributed by atoms with Gasteiger partial charge in [0.2, 0.25) is 0 Å². The normalized spacial score (nSPS) is 11.5. The predicted octanol–water partition coefficient (Wildman–Crippen LogP) is 0.443. The molecule has 0 aromatic carbocycles. The Balaban J connectivity index is 3.58. The van der Waals surface area contributed by atoms with E-state index in [-0.39, 0.29) is 16.3 Å². The number of esters is 1. The quantitative estimate of drug-likeness (QED) is 0.564. The number of hydrogen-bond acceptors (Lipinski definition) is 5. The van der Waals surface area contributed by atoms with E-state index in [4.69, 9.17) is 10.7 Å². The van der Waals surface area contributed by atoms with Gasteiger partial charge in [0.15, 0.2) is 5.69 Å². The monoisotopic (exact) mass is 252 g/mol. The summed E-state index contributed by atoms with van der Waals surface area (Å²) < 4.78 is 28.0. The zero-order valence-corrected chi connectivity index (χ0v) is 9.89. The number of ether oxygens (including phenoxy) is 1. The minimum atomic E-state index is -4.01. The average molecular weight is 253 g/mol. The second-order valence-electron chi connectivity index (χ2n) is 2.82. The van der Waals surface area contributed by atoms with E-state index in [2.05, 4.69) is 9.84 Å². The molecule has 0 radical (unpaired) electrons. The van der Waals surface area contributed by atoms with E-state index in [9.17, 15) is 13.2 Å². The molecule has 0 aliphatic rings. The molecule has 1 aromatic heterocycles. The second-order valence-corrected chi connectivity index (χ2v) is 5.32. The SMILES string of the molecule is COC(=O)c1c(S(=O)(=O)Cl)c(C)nn1C. The number of hydrogen-bond donors (Lipinski definition) is 0. The summed E-state index contributed by atoms with van der Waals surface area (Å²) in [4.78, 5) is 11.0. The molecule has 0 atom stereocenters. The number of carbonyl (C=O) groups excluding carboxylic acids is 1. The maximum Gasteiger partial charge on any atom is 0.357 e. The van der Waals surface area contributed by atoms with E-state index in [0.717, 1.165) is 11.8 Å². The van der Waals surface area contributed by atoms with Crippen molar-refractivity contribution in [3.63, 3.8) is 0 Å². The molecule has 0 saturated carbocycles. The Morgan fingerprint density at radius 3 is 2.47 bits per heavy atom. The maximum absolute atomic E-state index is 11.3. The van der Waals surface area contributed by atoms with Gasteiger partial charge in [-0.1, -0.05) is 0 Å². The Hall–Kier alpha value is -1.08. The number of carbonyl (C=O) groups is 1. The fraction of sp³-hybridized carbons (Fsp3) is 0.429. The Morgan fingerprint density at radius 1 is 1.53 bits per heavy atom. The van der Waals surface area contributed by atoms with Gasteiger partial charge in [-0.3, -0.25) is 4.68 Å². The van der Waals surface area contributed by atoms with E-state index in [1.54, 1.807) is 0 Å². The molecule has 0 fully saturated rings. The summed E-state index contributed by atoms with van der Waals surface area (Å²) in [5, 5.41) is 3.80. The molecular weight excluding hydrogens is 244 g/mol. The first-order chi connectivity index (χ1) is 6.79. The number of methoxy groups -OCH3 is 1. The van der Waals surface area contributed by atoms with Crippen molar-refractivity contribution >= 4 is 25.7 Å². The van der Waals surface area contributed by atoms with Crippen molar-refractivity contribution in [1.82, 2.24) is 9.78 Å². The van der Waals surface area contributed by atoms with Gasteiger partial charge in [-0.25, -0.2) is 13.2 Å². The third kappa shape index (κ3) is 2.13. The smallest absolute Gasteiger partial charge is 0.357 e. The van der Waals surface area contributed by atoms with Gasteiger partial charge in [-0.05, 0) is 6.92 Å². The Morgan fingerprint density at radius 2 is 2.07 bits per heavy atom. The van der Waals surface area contributed by atoms with Crippen molar-refractivity contribution < 1.29 is 17.9 Å². The number of aryl methyl sites for hydroxylation is 2. The molecule has 0 saturated heterocycles. The fourth-order valence-corrected chi connectivity index (χ4v) is 2.65. The summed E-state index contributed by atoms with van der Waals surface area (Å²) in [6, 6.07) is 0. The highest BCUT2D eigenvalue weighted by Gasteiger charge is 2.28. The van der Waals surface area contributed by atoms with Crippen molar-refractivity contribution in [2.75, 3.05) is 7.11 Å². The number of rotatable bonds is 2. The van der Waals surface area contributed by atoms with Crippen molar-refractivity contribution in [1.29, 1.82) is 0 Å². The van der Waals surface area contributed by atoms with Crippen molar-refractivity contribution in [2.45, 2.75) is 11.8 Å². The van der Waals surface area contributed by atoms with Crippen LogP contribution >= 0.6 is 10.7 Å². The molecule has 8 heteroatoms. The summed E-state index contributed by atoms with van der Waals surface area (Å²) in [6.45, 7) is 1.45. The molecule has 0 N–H and O–H groups in total. The minimum absolute atomic E-state index is 0.160. The molecule has 0 amide bonds. The lowest BCUT2D eigenvalue weighted by Gasteiger charge is -2.01.